The largest absolute Gasteiger partial charge is 0.367 e. The summed E-state index contributed by atoms with van der Waals surface area (Å²) < 4.78 is 1.99. The van der Waals surface area contributed by atoms with Crippen LogP contribution in [0.3, 0.4) is 0 Å². The van der Waals surface area contributed by atoms with E-state index in [1.165, 1.54) is 0 Å². The molecule has 2 heterocycles. The Hall–Kier alpha value is -2.57. The van der Waals surface area contributed by atoms with Crippen LogP contribution in [0.15, 0.2) is 42.5 Å². The predicted octanol–water partition coefficient (Wildman–Crippen LogP) is 3.64. The molecule has 152 valence electrons. The summed E-state index contributed by atoms with van der Waals surface area (Å²) in [6.45, 7) is 6.12. The van der Waals surface area contributed by atoms with E-state index in [9.17, 15) is 4.79 Å². The summed E-state index contributed by atoms with van der Waals surface area (Å²) in [6, 6.07) is 13.6. The summed E-state index contributed by atoms with van der Waals surface area (Å²) in [5, 5.41) is 3.70. The molecule has 0 bridgehead atoms. The lowest BCUT2D eigenvalue weighted by Crippen LogP contribution is -2.44. The molecular formula is C22H26ClN5O. The highest BCUT2D eigenvalue weighted by Crippen LogP contribution is 2.30. The van der Waals surface area contributed by atoms with Crippen molar-refractivity contribution >= 4 is 39.9 Å². The molecule has 0 aliphatic carbocycles. The highest BCUT2D eigenvalue weighted by molar-refractivity contribution is 6.31. The summed E-state index contributed by atoms with van der Waals surface area (Å²) in [5.74, 6) is 0.826. The Morgan fingerprint density at radius 3 is 2.66 bits per heavy atom. The molecule has 1 aliphatic rings. The number of nitrogens with zero attached hydrogens (tertiary/aromatic N) is 4. The summed E-state index contributed by atoms with van der Waals surface area (Å²) >= 11 is 6.24. The maximum Gasteiger partial charge on any atom is 0.244 e. The van der Waals surface area contributed by atoms with Crippen LogP contribution in [0.5, 0.6) is 0 Å². The van der Waals surface area contributed by atoms with E-state index in [1.807, 2.05) is 47.0 Å². The van der Waals surface area contributed by atoms with Gasteiger partial charge >= 0.3 is 0 Å². The number of hydrogen-bond acceptors (Lipinski definition) is 4. The maximum atomic E-state index is 13.0. The number of anilines is 2. The third-order valence-corrected chi connectivity index (χ3v) is 5.66. The van der Waals surface area contributed by atoms with Gasteiger partial charge in [0.2, 0.25) is 5.91 Å². The van der Waals surface area contributed by atoms with Crippen molar-refractivity contribution in [2.24, 2.45) is 0 Å². The third-order valence-electron chi connectivity index (χ3n) is 5.43. The van der Waals surface area contributed by atoms with Crippen LogP contribution in [-0.2, 0) is 17.8 Å². The van der Waals surface area contributed by atoms with E-state index in [0.29, 0.717) is 5.02 Å². The number of nitrogens with one attached hydrogen (secondary N) is 1. The quantitative estimate of drug-likeness (QED) is 0.696. The van der Waals surface area contributed by atoms with Crippen molar-refractivity contribution in [1.82, 2.24) is 14.5 Å². The van der Waals surface area contributed by atoms with Gasteiger partial charge in [-0.05, 0) is 37.4 Å². The minimum atomic E-state index is -0.0829. The zero-order valence-electron chi connectivity index (χ0n) is 16.9. The highest BCUT2D eigenvalue weighted by atomic mass is 35.5. The van der Waals surface area contributed by atoms with Crippen molar-refractivity contribution in [3.05, 3.63) is 53.3 Å². The van der Waals surface area contributed by atoms with Gasteiger partial charge in [0.05, 0.1) is 22.4 Å². The minimum Gasteiger partial charge on any atom is -0.367 e. The first-order valence-electron chi connectivity index (χ1n) is 10.0. The molecule has 29 heavy (non-hydrogen) atoms. The second-order valence-electron chi connectivity index (χ2n) is 7.46. The Morgan fingerprint density at radius 2 is 1.90 bits per heavy atom. The van der Waals surface area contributed by atoms with E-state index in [-0.39, 0.29) is 12.5 Å². The molecule has 1 aliphatic heterocycles. The number of likely N-dealkylation sites (N-methyl/N-ethyl adjacent to an activating group) is 1. The van der Waals surface area contributed by atoms with E-state index < -0.39 is 0 Å². The number of benzene rings is 2. The van der Waals surface area contributed by atoms with Crippen LogP contribution in [0.25, 0.3) is 11.0 Å². The Balaban J connectivity index is 1.57. The van der Waals surface area contributed by atoms with Crippen molar-refractivity contribution < 1.29 is 4.79 Å². The molecule has 1 aromatic heterocycles. The van der Waals surface area contributed by atoms with Crippen LogP contribution in [0.2, 0.25) is 5.02 Å². The molecule has 1 fully saturated rings. The molecule has 7 heteroatoms. The van der Waals surface area contributed by atoms with Crippen molar-refractivity contribution in [1.29, 1.82) is 0 Å². The molecule has 0 atom stereocenters. The molecule has 0 saturated carbocycles. The number of carbonyl (C=O) groups excluding carboxylic acids is 1. The number of imidazole rings is 1. The number of fused-ring (bicyclic) bond motifs is 1. The Kier molecular flexibility index (Phi) is 5.74. The average Bonchev–Trinajstić information content (AvgIpc) is 3.06. The van der Waals surface area contributed by atoms with Crippen LogP contribution < -0.4 is 10.2 Å². The van der Waals surface area contributed by atoms with E-state index in [1.54, 1.807) is 0 Å². The first-order chi connectivity index (χ1) is 14.0. The smallest absolute Gasteiger partial charge is 0.244 e. The van der Waals surface area contributed by atoms with Crippen LogP contribution in [0.1, 0.15) is 12.7 Å². The molecule has 6 nitrogen and oxygen atoms in total. The Morgan fingerprint density at radius 1 is 1.14 bits per heavy atom. The number of piperazine rings is 1. The number of halogens is 1. The van der Waals surface area contributed by atoms with Gasteiger partial charge in [-0.2, -0.15) is 0 Å². The van der Waals surface area contributed by atoms with Gasteiger partial charge in [-0.15, -0.1) is 0 Å². The molecule has 0 radical (unpaired) electrons. The number of aromatic nitrogens is 2. The molecular weight excluding hydrogens is 386 g/mol. The van der Waals surface area contributed by atoms with Gasteiger partial charge in [0.15, 0.2) is 0 Å². The van der Waals surface area contributed by atoms with E-state index in [2.05, 4.69) is 34.1 Å². The minimum absolute atomic E-state index is 0.0829. The monoisotopic (exact) mass is 411 g/mol. The Bertz CT molecular complexity index is 1020. The fourth-order valence-electron chi connectivity index (χ4n) is 3.84. The van der Waals surface area contributed by atoms with Crippen molar-refractivity contribution in [3.63, 3.8) is 0 Å². The lowest BCUT2D eigenvalue weighted by atomic mass is 10.2. The van der Waals surface area contributed by atoms with Crippen LogP contribution in [0.4, 0.5) is 11.4 Å². The SMILES string of the molecule is CCc1nc2ccccc2n1CC(=O)Nc1cc(Cl)ccc1N1CCN(C)CC1. The Labute approximate surface area is 176 Å². The number of aryl methyl sites for hydroxylation is 1. The summed E-state index contributed by atoms with van der Waals surface area (Å²) in [6.07, 6.45) is 0.770. The second kappa shape index (κ2) is 8.43. The lowest BCUT2D eigenvalue weighted by Gasteiger charge is -2.35. The zero-order valence-corrected chi connectivity index (χ0v) is 17.6. The van der Waals surface area contributed by atoms with Gasteiger partial charge < -0.3 is 19.7 Å². The first kappa shape index (κ1) is 19.7. The van der Waals surface area contributed by atoms with Gasteiger partial charge in [-0.1, -0.05) is 30.7 Å². The standard InChI is InChI=1S/C22H26ClN5O/c1-3-21-24-17-6-4-5-7-20(17)28(21)15-22(29)25-18-14-16(23)8-9-19(18)27-12-10-26(2)11-13-27/h4-9,14H,3,10-13,15H2,1-2H3,(H,25,29). The molecule has 0 unspecified atom stereocenters. The predicted molar refractivity (Wildman–Crippen MR) is 119 cm³/mol. The summed E-state index contributed by atoms with van der Waals surface area (Å²) in [5.41, 5.74) is 3.67. The molecule has 0 spiro atoms. The lowest BCUT2D eigenvalue weighted by molar-refractivity contribution is -0.116. The normalized spacial score (nSPS) is 15.1. The molecule has 1 N–H and O–H groups in total. The van der Waals surface area contributed by atoms with Gasteiger partial charge in [-0.3, -0.25) is 4.79 Å². The highest BCUT2D eigenvalue weighted by Gasteiger charge is 2.19. The van der Waals surface area contributed by atoms with E-state index in [4.69, 9.17) is 11.6 Å². The van der Waals surface area contributed by atoms with Gasteiger partial charge in [-0.25, -0.2) is 4.98 Å². The first-order valence-corrected chi connectivity index (χ1v) is 10.4. The third kappa shape index (κ3) is 4.23. The zero-order chi connectivity index (χ0) is 20.4. The molecule has 3 aromatic rings. The van der Waals surface area contributed by atoms with Crippen molar-refractivity contribution in [2.75, 3.05) is 43.4 Å². The molecule has 2 aromatic carbocycles. The van der Waals surface area contributed by atoms with Crippen LogP contribution in [-0.4, -0.2) is 53.6 Å². The van der Waals surface area contributed by atoms with Crippen molar-refractivity contribution in [2.45, 2.75) is 19.9 Å². The van der Waals surface area contributed by atoms with Gasteiger partial charge in [0.1, 0.15) is 12.4 Å². The van der Waals surface area contributed by atoms with Crippen molar-refractivity contribution in [3.8, 4) is 0 Å². The number of carbonyl (C=O) groups is 1. The second-order valence-corrected chi connectivity index (χ2v) is 7.89. The topological polar surface area (TPSA) is 53.4 Å². The maximum absolute atomic E-state index is 13.0. The number of hydrogen-bond donors (Lipinski definition) is 1. The van der Waals surface area contributed by atoms with Crippen LogP contribution >= 0.6 is 11.6 Å². The van der Waals surface area contributed by atoms with Gasteiger partial charge in [0.25, 0.3) is 0 Å². The number of rotatable bonds is 5. The summed E-state index contributed by atoms with van der Waals surface area (Å²) in [4.78, 5) is 22.2. The van der Waals surface area contributed by atoms with Gasteiger partial charge in [0, 0.05) is 37.6 Å². The van der Waals surface area contributed by atoms with Crippen LogP contribution in [0, 0.1) is 0 Å². The average molecular weight is 412 g/mol. The fraction of sp³-hybridized carbons (Fsp3) is 0.364. The van der Waals surface area contributed by atoms with E-state index >= 15 is 0 Å². The number of amides is 1. The van der Waals surface area contributed by atoms with E-state index in [0.717, 1.165) is 60.8 Å². The fourth-order valence-corrected chi connectivity index (χ4v) is 4.01. The number of para-hydroxylation sites is 2. The molecule has 4 rings (SSSR count). The molecule has 1 saturated heterocycles. The molecule has 1 amide bonds. The summed E-state index contributed by atoms with van der Waals surface area (Å²) in [7, 11) is 2.13.